The molecule has 0 bridgehead atoms. The first-order chi connectivity index (χ1) is 47.9. The summed E-state index contributed by atoms with van der Waals surface area (Å²) in [6, 6.07) is 23.0. The van der Waals surface area contributed by atoms with Crippen LogP contribution < -0.4 is 23.7 Å². The van der Waals surface area contributed by atoms with Gasteiger partial charge in [-0.25, -0.2) is 43.1 Å². The van der Waals surface area contributed by atoms with Gasteiger partial charge in [0, 0.05) is 82.7 Å². The summed E-state index contributed by atoms with van der Waals surface area (Å²) in [7, 11) is 2.84. The van der Waals surface area contributed by atoms with Crippen LogP contribution in [0.15, 0.2) is 151 Å². The summed E-state index contributed by atoms with van der Waals surface area (Å²) in [5.74, 6) is -2.70. The Bertz CT molecular complexity index is 4730. The van der Waals surface area contributed by atoms with Crippen molar-refractivity contribution in [3.63, 3.8) is 0 Å². The molecule has 36 heteroatoms. The summed E-state index contributed by atoms with van der Waals surface area (Å²) in [6.45, 7) is -1.21. The number of nitrogens with one attached hydrogen (secondary N) is 3. The van der Waals surface area contributed by atoms with Crippen molar-refractivity contribution in [2.75, 3.05) is 14.2 Å². The highest BCUT2D eigenvalue weighted by Gasteiger charge is 2.34. The van der Waals surface area contributed by atoms with Gasteiger partial charge in [0.15, 0.2) is 0 Å². The highest BCUT2D eigenvalue weighted by molar-refractivity contribution is 9.10. The van der Waals surface area contributed by atoms with E-state index in [0.29, 0.717) is 121 Å². The average molecular weight is 1540 g/mol. The maximum atomic E-state index is 14.0. The predicted molar refractivity (Wildman–Crippen MR) is 338 cm³/mol. The van der Waals surface area contributed by atoms with E-state index < -0.39 is 83.7 Å². The van der Waals surface area contributed by atoms with Gasteiger partial charge in [0.05, 0.1) is 35.9 Å². The number of nitrogens with zero attached hydrogens (tertiary/aromatic N) is 9. The van der Waals surface area contributed by atoms with Crippen LogP contribution in [0, 0.1) is 35.3 Å². The molecule has 0 atom stereocenters. The van der Waals surface area contributed by atoms with Gasteiger partial charge in [0.1, 0.15) is 133 Å². The van der Waals surface area contributed by atoms with Crippen molar-refractivity contribution in [3.8, 4) is 96.7 Å². The second-order valence-electron chi connectivity index (χ2n) is 20.5. The number of imidazole rings is 3. The average Bonchev–Trinajstić information content (AvgIpc) is 1.69. The second kappa shape index (κ2) is 30.9. The first-order valence-electron chi connectivity index (χ1n) is 28.2. The van der Waals surface area contributed by atoms with Gasteiger partial charge in [-0.2, -0.15) is 52.7 Å². The van der Waals surface area contributed by atoms with Gasteiger partial charge < -0.3 is 38.6 Å². The molecule has 0 aliphatic carbocycles. The molecule has 17 nitrogen and oxygen atoms in total. The molecule has 0 saturated carbocycles. The third-order valence-corrected chi connectivity index (χ3v) is 15.3. The van der Waals surface area contributed by atoms with Gasteiger partial charge in [0.2, 0.25) is 17.8 Å². The maximum absolute atomic E-state index is 14.0. The fourth-order valence-electron chi connectivity index (χ4n) is 8.88. The first kappa shape index (κ1) is 73.2. The summed E-state index contributed by atoms with van der Waals surface area (Å²) in [4.78, 5) is 43.4. The summed E-state index contributed by atoms with van der Waals surface area (Å²) < 4.78 is 223. The lowest BCUT2D eigenvalue weighted by Crippen LogP contribution is -2.09. The highest BCUT2D eigenvalue weighted by Crippen LogP contribution is 2.42. The lowest BCUT2D eigenvalue weighted by Gasteiger charge is -2.12. The molecule has 0 spiro atoms. The van der Waals surface area contributed by atoms with Crippen LogP contribution in [0.1, 0.15) is 33.8 Å². The quantitative estimate of drug-likeness (QED) is 0.0572. The molecular weight excluding hydrogens is 1500 g/mol. The van der Waals surface area contributed by atoms with E-state index in [4.69, 9.17) is 58.5 Å². The van der Waals surface area contributed by atoms with Crippen LogP contribution >= 0.6 is 50.7 Å². The number of methoxy groups -OCH3 is 2. The zero-order chi connectivity index (χ0) is 72.7. The zero-order valence-electron chi connectivity index (χ0n) is 50.7. The fraction of sp³-hybridized carbons (Fsp3) is 0.123. The van der Waals surface area contributed by atoms with Gasteiger partial charge in [-0.1, -0.05) is 34.8 Å². The Hall–Kier alpha value is -10.5. The lowest BCUT2D eigenvalue weighted by atomic mass is 10.1. The number of alkyl halides is 9. The number of ether oxygens (including phenoxy) is 5. The van der Waals surface area contributed by atoms with Crippen LogP contribution in [0.2, 0.25) is 15.3 Å². The Morgan fingerprint density at radius 2 is 0.713 bits per heavy atom. The van der Waals surface area contributed by atoms with E-state index in [1.807, 2.05) is 0 Å². The van der Waals surface area contributed by atoms with Crippen LogP contribution in [-0.4, -0.2) is 74.0 Å². The molecule has 0 aliphatic heterocycles. The van der Waals surface area contributed by atoms with Crippen molar-refractivity contribution in [2.45, 2.75) is 38.3 Å². The Balaban J connectivity index is 0.000000163. The van der Waals surface area contributed by atoms with Gasteiger partial charge in [-0.3, -0.25) is 15.0 Å². The number of aromatic amines is 3. The van der Waals surface area contributed by atoms with Gasteiger partial charge in [-0.05, 0) is 113 Å². The highest BCUT2D eigenvalue weighted by atomic mass is 79.9. The third kappa shape index (κ3) is 18.1. The molecule has 12 rings (SSSR count). The smallest absolute Gasteiger partial charge is 0.417 e. The molecule has 522 valence electrons. The van der Waals surface area contributed by atoms with E-state index in [9.17, 15) is 65.9 Å². The molecule has 9 aromatic heterocycles. The van der Waals surface area contributed by atoms with Crippen molar-refractivity contribution in [2.24, 2.45) is 0 Å². The minimum atomic E-state index is -4.70. The number of benzene rings is 3. The molecule has 0 unspecified atom stereocenters. The van der Waals surface area contributed by atoms with Crippen molar-refractivity contribution >= 4 is 50.7 Å². The normalized spacial score (nSPS) is 11.5. The van der Waals surface area contributed by atoms with Crippen LogP contribution in [0.5, 0.6) is 28.7 Å². The third-order valence-electron chi connectivity index (χ3n) is 13.9. The molecule has 0 radical (unpaired) electrons. The molecule has 3 N–H and O–H groups in total. The van der Waals surface area contributed by atoms with Crippen molar-refractivity contribution in [1.82, 2.24) is 59.8 Å². The minimum absolute atomic E-state index is 0.181. The van der Waals surface area contributed by atoms with Gasteiger partial charge in [-0.15, -0.1) is 0 Å². The Kier molecular flexibility index (Phi) is 22.4. The zero-order valence-corrected chi connectivity index (χ0v) is 54.6. The molecule has 3 aromatic carbocycles. The Labute approximate surface area is 581 Å². The maximum Gasteiger partial charge on any atom is 0.417 e. The predicted octanol–water partition coefficient (Wildman–Crippen LogP) is 19.0. The number of rotatable bonds is 17. The molecule has 0 fully saturated rings. The summed E-state index contributed by atoms with van der Waals surface area (Å²) in [5.41, 5.74) is -0.136. The minimum Gasteiger partial charge on any atom is -0.496 e. The van der Waals surface area contributed by atoms with E-state index in [1.54, 1.807) is 24.3 Å². The molecular formula is C65H39BrCl3F15N12O5. The van der Waals surface area contributed by atoms with E-state index in [-0.39, 0.29) is 56.3 Å². The first-order valence-corrected chi connectivity index (χ1v) is 30.2. The largest absolute Gasteiger partial charge is 0.496 e. The molecule has 12 aromatic rings. The van der Waals surface area contributed by atoms with Gasteiger partial charge >= 0.3 is 18.5 Å². The number of halogens is 19. The Morgan fingerprint density at radius 1 is 0.386 bits per heavy atom. The van der Waals surface area contributed by atoms with Crippen molar-refractivity contribution < 1.29 is 89.5 Å². The standard InChI is InChI=1S/C22H14BrF5N4O2.C22H14ClF5N4O2.C21H11Cl2F5N4O/c2*1-33-17-7-13(34-10-16-15(24)6-12(9-29-16)22(26,27)28)3-4-14(17)19-20(23)32-21(31-19)11-2-5-18(25)30-8-11;22-14-6-12(33-9-16-15(24)5-11(8-29-16)21(26,27)28)2-3-13(14)18-19(23)32-20(31-18)10-1-4-17(25)30-7-10/h2*2-9H,10H2,1H3,(H,31,32);1-8H,9H2,(H,31,32). The topological polar surface area (TPSA) is 210 Å². The van der Waals surface area contributed by atoms with Crippen LogP contribution in [0.4, 0.5) is 65.9 Å². The molecule has 0 aliphatic rings. The van der Waals surface area contributed by atoms with E-state index >= 15 is 0 Å². The van der Waals surface area contributed by atoms with Crippen molar-refractivity contribution in [1.29, 1.82) is 0 Å². The number of hydrogen-bond acceptors (Lipinski definition) is 14. The van der Waals surface area contributed by atoms with Crippen LogP contribution in [-0.2, 0) is 38.3 Å². The molecule has 101 heavy (non-hydrogen) atoms. The number of aromatic nitrogens is 12. The van der Waals surface area contributed by atoms with Crippen LogP contribution in [0.3, 0.4) is 0 Å². The summed E-state index contributed by atoms with van der Waals surface area (Å²) in [5, 5.41) is 0.578. The van der Waals surface area contributed by atoms with E-state index in [0.717, 1.165) is 0 Å². The van der Waals surface area contributed by atoms with E-state index in [2.05, 4.69) is 75.7 Å². The number of pyridine rings is 6. The molecule has 9 heterocycles. The van der Waals surface area contributed by atoms with Crippen LogP contribution in [0.25, 0.3) is 67.9 Å². The fourth-order valence-corrected chi connectivity index (χ4v) is 10.1. The van der Waals surface area contributed by atoms with E-state index in [1.165, 1.54) is 99.5 Å². The lowest BCUT2D eigenvalue weighted by molar-refractivity contribution is -0.138. The summed E-state index contributed by atoms with van der Waals surface area (Å²) >= 11 is 22.3. The van der Waals surface area contributed by atoms with Crippen molar-refractivity contribution in [3.05, 3.63) is 235 Å². The summed E-state index contributed by atoms with van der Waals surface area (Å²) in [6.07, 6.45) is -8.52. The SMILES string of the molecule is COc1cc(OCc2ncc(C(F)(F)F)cc2F)ccc1-c1nc(-c2ccc(F)nc2)[nH]c1Br.COc1cc(OCc2ncc(C(F)(F)F)cc2F)ccc1-c1nc(-c2ccc(F)nc2)[nH]c1Cl.Fc1ccc(-c2nc(-c3ccc(OCc4ncc(C(F)(F)F)cc4F)cc3Cl)c(Cl)[nH]2)cn1. The molecule has 0 saturated heterocycles. The second-order valence-corrected chi connectivity index (χ2v) is 22.5. The Morgan fingerprint density at radius 3 is 1.04 bits per heavy atom. The molecule has 0 amide bonds. The number of hydrogen-bond donors (Lipinski definition) is 3. The number of H-pyrrole nitrogens is 3. The monoisotopic (exact) mass is 1540 g/mol. The van der Waals surface area contributed by atoms with Gasteiger partial charge in [0.25, 0.3) is 0 Å².